The lowest BCUT2D eigenvalue weighted by molar-refractivity contribution is -0.132. The summed E-state index contributed by atoms with van der Waals surface area (Å²) in [4.78, 5) is 10.3. The van der Waals surface area contributed by atoms with Gasteiger partial charge in [-0.3, -0.25) is 0 Å². The minimum atomic E-state index is -0.974. The molecule has 1 N–H and O–H groups in total. The molecule has 0 unspecified atom stereocenters. The highest BCUT2D eigenvalue weighted by atomic mass is 16.4. The van der Waals surface area contributed by atoms with E-state index in [-0.39, 0.29) is 5.57 Å². The summed E-state index contributed by atoms with van der Waals surface area (Å²) in [7, 11) is 0. The number of hydrogen-bond acceptors (Lipinski definition) is 1. The lowest BCUT2D eigenvalue weighted by atomic mass is 10.2. The molecule has 0 spiro atoms. The monoisotopic (exact) mass is 168 g/mol. The standard InChI is InChI=1S/C8H10O2.C2H6/c1-4-7(8(9)10)5-6(2)3;1-2/h4-5H,1-2H2,3H3,(H,9,10);1-2H3/b7-5+;. The lowest BCUT2D eigenvalue weighted by Crippen LogP contribution is -1.96. The molecule has 0 saturated carbocycles. The Morgan fingerprint density at radius 2 is 1.83 bits per heavy atom. The molecular weight excluding hydrogens is 152 g/mol. The van der Waals surface area contributed by atoms with Gasteiger partial charge in [-0.05, 0) is 13.0 Å². The van der Waals surface area contributed by atoms with E-state index in [1.807, 2.05) is 13.8 Å². The minimum absolute atomic E-state index is 0.174. The summed E-state index contributed by atoms with van der Waals surface area (Å²) in [6.07, 6.45) is 2.76. The van der Waals surface area contributed by atoms with E-state index in [0.29, 0.717) is 5.57 Å². The Morgan fingerprint density at radius 1 is 1.42 bits per heavy atom. The van der Waals surface area contributed by atoms with Crippen molar-refractivity contribution < 1.29 is 9.90 Å². The van der Waals surface area contributed by atoms with Gasteiger partial charge in [0, 0.05) is 0 Å². The Bertz CT molecular complexity index is 200. The average molecular weight is 168 g/mol. The van der Waals surface area contributed by atoms with E-state index in [1.165, 1.54) is 12.2 Å². The number of carboxylic acids is 1. The maximum absolute atomic E-state index is 10.3. The Morgan fingerprint density at radius 3 is 1.92 bits per heavy atom. The van der Waals surface area contributed by atoms with Gasteiger partial charge in [0.1, 0.15) is 0 Å². The van der Waals surface area contributed by atoms with Crippen molar-refractivity contribution in [2.24, 2.45) is 0 Å². The molecule has 0 aromatic rings. The van der Waals surface area contributed by atoms with Crippen LogP contribution in [0.5, 0.6) is 0 Å². The Hall–Kier alpha value is -1.31. The molecule has 0 atom stereocenters. The van der Waals surface area contributed by atoms with Gasteiger partial charge >= 0.3 is 5.97 Å². The van der Waals surface area contributed by atoms with E-state index in [2.05, 4.69) is 13.2 Å². The molecule has 0 heterocycles. The number of carboxylic acid groups (broad SMARTS) is 1. The number of allylic oxidation sites excluding steroid dienone is 2. The molecule has 0 rings (SSSR count). The second-order valence-corrected chi connectivity index (χ2v) is 1.96. The zero-order valence-electron chi connectivity index (χ0n) is 7.92. The quantitative estimate of drug-likeness (QED) is 0.519. The average Bonchev–Trinajstić information content (AvgIpc) is 2.03. The Labute approximate surface area is 73.9 Å². The first kappa shape index (κ1) is 13.3. The van der Waals surface area contributed by atoms with Gasteiger partial charge in [0.05, 0.1) is 5.57 Å². The molecule has 0 aromatic heterocycles. The van der Waals surface area contributed by atoms with E-state index in [9.17, 15) is 4.79 Å². The number of rotatable bonds is 3. The van der Waals surface area contributed by atoms with Crippen molar-refractivity contribution in [1.29, 1.82) is 0 Å². The number of carbonyl (C=O) groups is 1. The van der Waals surface area contributed by atoms with Crippen molar-refractivity contribution in [3.63, 3.8) is 0 Å². The van der Waals surface area contributed by atoms with E-state index in [1.54, 1.807) is 6.92 Å². The summed E-state index contributed by atoms with van der Waals surface area (Å²) in [5.74, 6) is -0.974. The second kappa shape index (κ2) is 7.79. The van der Waals surface area contributed by atoms with Crippen molar-refractivity contribution in [3.8, 4) is 0 Å². The van der Waals surface area contributed by atoms with Crippen LogP contribution in [0.15, 0.2) is 36.5 Å². The summed E-state index contributed by atoms with van der Waals surface area (Å²) < 4.78 is 0. The van der Waals surface area contributed by atoms with Crippen LogP contribution in [0.3, 0.4) is 0 Å². The molecule has 0 fully saturated rings. The predicted octanol–water partition coefficient (Wildman–Crippen LogP) is 2.79. The van der Waals surface area contributed by atoms with Gasteiger partial charge in [0.15, 0.2) is 0 Å². The van der Waals surface area contributed by atoms with E-state index >= 15 is 0 Å². The van der Waals surface area contributed by atoms with Crippen LogP contribution in [0.4, 0.5) is 0 Å². The number of aliphatic carboxylic acids is 1. The van der Waals surface area contributed by atoms with Gasteiger partial charge in [-0.2, -0.15) is 0 Å². The Kier molecular flexibility index (Phi) is 8.63. The fraction of sp³-hybridized carbons (Fsp3) is 0.300. The van der Waals surface area contributed by atoms with Gasteiger partial charge in [0.25, 0.3) is 0 Å². The van der Waals surface area contributed by atoms with Crippen LogP contribution in [-0.2, 0) is 4.79 Å². The van der Waals surface area contributed by atoms with Gasteiger partial charge < -0.3 is 5.11 Å². The normalized spacial score (nSPS) is 9.42. The molecule has 2 heteroatoms. The lowest BCUT2D eigenvalue weighted by Gasteiger charge is -1.91. The van der Waals surface area contributed by atoms with Crippen molar-refractivity contribution in [1.82, 2.24) is 0 Å². The smallest absolute Gasteiger partial charge is 0.335 e. The molecule has 0 bridgehead atoms. The molecule has 0 saturated heterocycles. The molecule has 0 aliphatic heterocycles. The summed E-state index contributed by atoms with van der Waals surface area (Å²) in [5.41, 5.74) is 0.879. The van der Waals surface area contributed by atoms with Gasteiger partial charge in [-0.1, -0.05) is 38.7 Å². The topological polar surface area (TPSA) is 37.3 Å². The molecule has 0 radical (unpaired) electrons. The summed E-state index contributed by atoms with van der Waals surface area (Å²) in [6, 6.07) is 0. The van der Waals surface area contributed by atoms with Crippen LogP contribution in [0.25, 0.3) is 0 Å². The van der Waals surface area contributed by atoms with Crippen molar-refractivity contribution in [2.75, 3.05) is 0 Å². The van der Waals surface area contributed by atoms with Crippen LogP contribution >= 0.6 is 0 Å². The van der Waals surface area contributed by atoms with Gasteiger partial charge in [-0.25, -0.2) is 4.79 Å². The summed E-state index contributed by atoms with van der Waals surface area (Å²) >= 11 is 0. The molecule has 0 aliphatic rings. The fourth-order valence-corrected chi connectivity index (χ4v) is 0.473. The van der Waals surface area contributed by atoms with E-state index in [4.69, 9.17) is 5.11 Å². The first-order chi connectivity index (χ1) is 5.57. The first-order valence-corrected chi connectivity index (χ1v) is 3.81. The third-order valence-corrected chi connectivity index (χ3v) is 0.869. The van der Waals surface area contributed by atoms with Gasteiger partial charge in [0.2, 0.25) is 0 Å². The van der Waals surface area contributed by atoms with Crippen LogP contribution in [0.2, 0.25) is 0 Å². The highest BCUT2D eigenvalue weighted by molar-refractivity contribution is 5.90. The minimum Gasteiger partial charge on any atom is -0.478 e. The van der Waals surface area contributed by atoms with E-state index in [0.717, 1.165) is 0 Å². The SMILES string of the molecule is C=C/C(=C\C(=C)C)C(=O)O.CC. The van der Waals surface area contributed by atoms with Crippen molar-refractivity contribution in [3.05, 3.63) is 36.5 Å². The molecule has 12 heavy (non-hydrogen) atoms. The highest BCUT2D eigenvalue weighted by Gasteiger charge is 1.99. The second-order valence-electron chi connectivity index (χ2n) is 1.96. The number of hydrogen-bond donors (Lipinski definition) is 1. The van der Waals surface area contributed by atoms with Gasteiger partial charge in [-0.15, -0.1) is 0 Å². The molecule has 0 aromatic carbocycles. The van der Waals surface area contributed by atoms with Crippen molar-refractivity contribution >= 4 is 5.97 Å². The first-order valence-electron chi connectivity index (χ1n) is 3.81. The maximum atomic E-state index is 10.3. The molecular formula is C10H16O2. The molecule has 68 valence electrons. The third kappa shape index (κ3) is 6.81. The van der Waals surface area contributed by atoms with Crippen LogP contribution < -0.4 is 0 Å². The van der Waals surface area contributed by atoms with Crippen LogP contribution in [0, 0.1) is 0 Å². The summed E-state index contributed by atoms with van der Waals surface area (Å²) in [5, 5.41) is 8.44. The predicted molar refractivity (Wildman–Crippen MR) is 52.1 cm³/mol. The van der Waals surface area contributed by atoms with Crippen LogP contribution in [0.1, 0.15) is 20.8 Å². The zero-order chi connectivity index (χ0) is 10.1. The molecule has 0 amide bonds. The maximum Gasteiger partial charge on any atom is 0.335 e. The molecule has 0 aliphatic carbocycles. The largest absolute Gasteiger partial charge is 0.478 e. The summed E-state index contributed by atoms with van der Waals surface area (Å²) in [6.45, 7) is 12.6. The molecule has 2 nitrogen and oxygen atoms in total. The van der Waals surface area contributed by atoms with Crippen molar-refractivity contribution in [2.45, 2.75) is 20.8 Å². The highest BCUT2D eigenvalue weighted by Crippen LogP contribution is 2.00. The Balaban J connectivity index is 0. The zero-order valence-corrected chi connectivity index (χ0v) is 7.92. The van der Waals surface area contributed by atoms with E-state index < -0.39 is 5.97 Å². The fourth-order valence-electron chi connectivity index (χ4n) is 0.473. The van der Waals surface area contributed by atoms with Crippen LogP contribution in [-0.4, -0.2) is 11.1 Å². The third-order valence-electron chi connectivity index (χ3n) is 0.869.